The Morgan fingerprint density at radius 3 is 2.56 bits per heavy atom. The van der Waals surface area contributed by atoms with Gasteiger partial charge in [-0.05, 0) is 44.8 Å². The quantitative estimate of drug-likeness (QED) is 0.588. The minimum absolute atomic E-state index is 0.798. The molecule has 1 aromatic rings. The van der Waals surface area contributed by atoms with E-state index in [0.29, 0.717) is 0 Å². The van der Waals surface area contributed by atoms with Crippen LogP contribution in [0, 0.1) is 0 Å². The molecule has 1 saturated heterocycles. The zero-order valence-corrected chi connectivity index (χ0v) is 13.3. The second-order valence-corrected chi connectivity index (χ2v) is 6.58. The van der Waals surface area contributed by atoms with Crippen molar-refractivity contribution in [3.05, 3.63) is 35.9 Å². The molecule has 1 aliphatic heterocycles. The smallest absolute Gasteiger partial charge is 0.0201 e. The molecule has 0 atom stereocenters. The summed E-state index contributed by atoms with van der Waals surface area (Å²) < 4.78 is 2.41. The molecule has 18 heavy (non-hydrogen) atoms. The van der Waals surface area contributed by atoms with E-state index in [1.54, 1.807) is 0 Å². The Labute approximate surface area is 125 Å². The van der Waals surface area contributed by atoms with Crippen LogP contribution in [-0.4, -0.2) is 40.7 Å². The fraction of sp³-hybridized carbons (Fsp3) is 0.600. The van der Waals surface area contributed by atoms with Gasteiger partial charge in [-0.2, -0.15) is 0 Å². The van der Waals surface area contributed by atoms with Gasteiger partial charge in [-0.3, -0.25) is 0 Å². The summed E-state index contributed by atoms with van der Waals surface area (Å²) >= 11 is 2.44. The van der Waals surface area contributed by atoms with Crippen molar-refractivity contribution >= 4 is 22.9 Å². The molecule has 0 amide bonds. The van der Waals surface area contributed by atoms with E-state index < -0.39 is 0 Å². The molecule has 0 spiro atoms. The number of rotatable bonds is 5. The number of halogens is 1. The molecule has 1 fully saturated rings. The summed E-state index contributed by atoms with van der Waals surface area (Å²) in [6.45, 7) is 3.71. The lowest BCUT2D eigenvalue weighted by Crippen LogP contribution is -2.40. The molecular weight excluding hydrogens is 335 g/mol. The maximum atomic E-state index is 2.56. The number of hydrogen-bond donors (Lipinski definition) is 0. The van der Waals surface area contributed by atoms with E-state index in [4.69, 9.17) is 0 Å². The molecule has 0 radical (unpaired) electrons. The van der Waals surface area contributed by atoms with Gasteiger partial charge in [0.25, 0.3) is 0 Å². The normalized spacial score (nSPS) is 18.4. The lowest BCUT2D eigenvalue weighted by Gasteiger charge is -2.34. The molecule has 3 heteroatoms. The van der Waals surface area contributed by atoms with Gasteiger partial charge in [-0.15, -0.1) is 0 Å². The third-order valence-corrected chi connectivity index (χ3v) is 4.82. The van der Waals surface area contributed by atoms with Crippen molar-refractivity contribution in [3.63, 3.8) is 0 Å². The van der Waals surface area contributed by atoms with E-state index in [1.807, 2.05) is 0 Å². The highest BCUT2D eigenvalue weighted by Crippen LogP contribution is 2.18. The van der Waals surface area contributed by atoms with Crippen LogP contribution in [-0.2, 0) is 6.42 Å². The van der Waals surface area contributed by atoms with E-state index >= 15 is 0 Å². The van der Waals surface area contributed by atoms with Crippen molar-refractivity contribution in [2.24, 2.45) is 0 Å². The van der Waals surface area contributed by atoms with E-state index in [9.17, 15) is 0 Å². The Kier molecular flexibility index (Phi) is 5.92. The minimum Gasteiger partial charge on any atom is -0.303 e. The third kappa shape index (κ3) is 4.52. The number of piperidine rings is 1. The first-order valence-electron chi connectivity index (χ1n) is 6.90. The summed E-state index contributed by atoms with van der Waals surface area (Å²) in [6, 6.07) is 11.6. The molecule has 1 aliphatic rings. The molecule has 0 aliphatic carbocycles. The highest BCUT2D eigenvalue weighted by molar-refractivity contribution is 14.1. The van der Waals surface area contributed by atoms with Crippen LogP contribution in [0.15, 0.2) is 30.3 Å². The first-order valence-corrected chi connectivity index (χ1v) is 7.87. The van der Waals surface area contributed by atoms with E-state index in [0.717, 1.165) is 6.04 Å². The average Bonchev–Trinajstić information content (AvgIpc) is 2.40. The van der Waals surface area contributed by atoms with Gasteiger partial charge in [0.05, 0.1) is 0 Å². The molecule has 0 unspecified atom stereocenters. The Balaban J connectivity index is 1.67. The van der Waals surface area contributed by atoms with Crippen LogP contribution in [0.25, 0.3) is 0 Å². The molecule has 1 heterocycles. The number of hydrogen-bond acceptors (Lipinski definition) is 2. The molecule has 0 aromatic heterocycles. The summed E-state index contributed by atoms with van der Waals surface area (Å²) in [6.07, 6.45) is 5.12. The molecule has 2 nitrogen and oxygen atoms in total. The summed E-state index contributed by atoms with van der Waals surface area (Å²) in [5.74, 6) is 0. The zero-order valence-electron chi connectivity index (χ0n) is 11.2. The molecule has 2 rings (SSSR count). The molecule has 100 valence electrons. The third-order valence-electron chi connectivity index (χ3n) is 3.85. The van der Waals surface area contributed by atoms with E-state index in [2.05, 4.69) is 68.3 Å². The van der Waals surface area contributed by atoms with E-state index in [-0.39, 0.29) is 0 Å². The first kappa shape index (κ1) is 14.3. The highest BCUT2D eigenvalue weighted by Gasteiger charge is 2.20. The average molecular weight is 358 g/mol. The summed E-state index contributed by atoms with van der Waals surface area (Å²) in [7, 11) is 2.29. The lowest BCUT2D eigenvalue weighted by molar-refractivity contribution is 0.177. The fourth-order valence-electron chi connectivity index (χ4n) is 2.63. The predicted octanol–water partition coefficient (Wildman–Crippen LogP) is 3.37. The SMILES string of the molecule is CN(CCCc1ccccc1)C1CCN(I)CC1. The first-order chi connectivity index (χ1) is 8.75. The van der Waals surface area contributed by atoms with Crippen molar-refractivity contribution in [2.75, 3.05) is 26.7 Å². The van der Waals surface area contributed by atoms with E-state index in [1.165, 1.54) is 50.9 Å². The molecule has 1 aromatic carbocycles. The Bertz CT molecular complexity index is 334. The van der Waals surface area contributed by atoms with Gasteiger partial charge in [0.2, 0.25) is 0 Å². The Hall–Kier alpha value is -0.130. The minimum atomic E-state index is 0.798. The second-order valence-electron chi connectivity index (χ2n) is 5.21. The van der Waals surface area contributed by atoms with Crippen molar-refractivity contribution in [3.8, 4) is 0 Å². The van der Waals surface area contributed by atoms with Crippen molar-refractivity contribution < 1.29 is 0 Å². The zero-order chi connectivity index (χ0) is 12.8. The maximum absolute atomic E-state index is 2.56. The van der Waals surface area contributed by atoms with Crippen LogP contribution >= 0.6 is 22.9 Å². The van der Waals surface area contributed by atoms with Crippen LogP contribution in [0.4, 0.5) is 0 Å². The summed E-state index contributed by atoms with van der Waals surface area (Å²) in [4.78, 5) is 2.56. The van der Waals surface area contributed by atoms with Gasteiger partial charge in [0.1, 0.15) is 0 Å². The molecule has 0 saturated carbocycles. The number of nitrogens with zero attached hydrogens (tertiary/aromatic N) is 2. The van der Waals surface area contributed by atoms with Crippen LogP contribution < -0.4 is 0 Å². The summed E-state index contributed by atoms with van der Waals surface area (Å²) in [5, 5.41) is 0. The van der Waals surface area contributed by atoms with Crippen molar-refractivity contribution in [1.29, 1.82) is 0 Å². The van der Waals surface area contributed by atoms with Gasteiger partial charge in [-0.25, -0.2) is 3.11 Å². The van der Waals surface area contributed by atoms with Crippen LogP contribution in [0.2, 0.25) is 0 Å². The number of benzene rings is 1. The molecular formula is C15H23IN2. The van der Waals surface area contributed by atoms with Gasteiger partial charge >= 0.3 is 0 Å². The van der Waals surface area contributed by atoms with Gasteiger partial charge < -0.3 is 4.90 Å². The van der Waals surface area contributed by atoms with Crippen LogP contribution in [0.3, 0.4) is 0 Å². The lowest BCUT2D eigenvalue weighted by atomic mass is 10.0. The van der Waals surface area contributed by atoms with Crippen molar-refractivity contribution in [1.82, 2.24) is 8.01 Å². The summed E-state index contributed by atoms with van der Waals surface area (Å²) in [5.41, 5.74) is 1.47. The van der Waals surface area contributed by atoms with Gasteiger partial charge in [0, 0.05) is 42.0 Å². The maximum Gasteiger partial charge on any atom is 0.0201 e. The second kappa shape index (κ2) is 7.46. The highest BCUT2D eigenvalue weighted by atomic mass is 127. The van der Waals surface area contributed by atoms with Crippen LogP contribution in [0.5, 0.6) is 0 Å². The molecule has 0 bridgehead atoms. The largest absolute Gasteiger partial charge is 0.303 e. The molecule has 0 N–H and O–H groups in total. The van der Waals surface area contributed by atoms with Gasteiger partial charge in [0.15, 0.2) is 0 Å². The number of aryl methyl sites for hydroxylation is 1. The van der Waals surface area contributed by atoms with Crippen LogP contribution in [0.1, 0.15) is 24.8 Å². The Morgan fingerprint density at radius 1 is 1.22 bits per heavy atom. The Morgan fingerprint density at radius 2 is 1.89 bits per heavy atom. The monoisotopic (exact) mass is 358 g/mol. The topological polar surface area (TPSA) is 6.48 Å². The standard InChI is InChI=1S/C15H23IN2/c1-17(15-9-12-18(16)13-10-15)11-5-8-14-6-3-2-4-7-14/h2-4,6-7,15H,5,8-13H2,1H3. The van der Waals surface area contributed by atoms with Gasteiger partial charge in [-0.1, -0.05) is 30.3 Å². The predicted molar refractivity (Wildman–Crippen MR) is 86.0 cm³/mol. The fourth-order valence-corrected chi connectivity index (χ4v) is 3.19. The van der Waals surface area contributed by atoms with Crippen molar-refractivity contribution in [2.45, 2.75) is 31.7 Å².